The van der Waals surface area contributed by atoms with E-state index in [2.05, 4.69) is 0 Å². The van der Waals surface area contributed by atoms with Gasteiger partial charge < -0.3 is 4.74 Å². The molecule has 1 aromatic rings. The van der Waals surface area contributed by atoms with Gasteiger partial charge in [0.25, 0.3) is 5.91 Å². The predicted octanol–water partition coefficient (Wildman–Crippen LogP) is 3.47. The molecule has 0 aromatic heterocycles. The van der Waals surface area contributed by atoms with Gasteiger partial charge in [0.15, 0.2) is 5.78 Å². The van der Waals surface area contributed by atoms with Gasteiger partial charge in [-0.1, -0.05) is 11.6 Å². The fourth-order valence-electron chi connectivity index (χ4n) is 2.20. The monoisotopic (exact) mass is 353 g/mol. The summed E-state index contributed by atoms with van der Waals surface area (Å²) in [6, 6.07) is 5.03. The first-order chi connectivity index (χ1) is 10.6. The zero-order valence-electron chi connectivity index (χ0n) is 11.7. The summed E-state index contributed by atoms with van der Waals surface area (Å²) in [5, 5.41) is 0.493. The van der Waals surface area contributed by atoms with Crippen molar-refractivity contribution < 1.29 is 14.3 Å². The second-order valence-electron chi connectivity index (χ2n) is 4.53. The number of ketones is 1. The van der Waals surface area contributed by atoms with Crippen molar-refractivity contribution in [3.8, 4) is 5.75 Å². The molecule has 0 saturated carbocycles. The number of ether oxygens (including phenoxy) is 1. The molecule has 1 fully saturated rings. The lowest BCUT2D eigenvalue weighted by Gasteiger charge is -2.25. The average Bonchev–Trinajstić information content (AvgIpc) is 3.01. The number of thioether (sulfide) groups is 2. The van der Waals surface area contributed by atoms with Crippen LogP contribution in [0.2, 0.25) is 5.02 Å². The average molecular weight is 354 g/mol. The maximum Gasteiger partial charge on any atom is 0.268 e. The molecule has 1 saturated heterocycles. The van der Waals surface area contributed by atoms with Crippen LogP contribution < -0.4 is 9.64 Å². The number of carbonyl (C=O) groups is 2. The summed E-state index contributed by atoms with van der Waals surface area (Å²) < 4.78 is 6.09. The van der Waals surface area contributed by atoms with E-state index in [1.165, 1.54) is 24.3 Å². The Morgan fingerprint density at radius 3 is 2.64 bits per heavy atom. The van der Waals surface area contributed by atoms with Crippen molar-refractivity contribution in [3.63, 3.8) is 0 Å². The lowest BCUT2D eigenvalue weighted by Crippen LogP contribution is -2.34. The summed E-state index contributed by atoms with van der Waals surface area (Å²) in [7, 11) is 1.53. The van der Waals surface area contributed by atoms with Gasteiger partial charge in [-0.25, -0.2) is 0 Å². The number of hydrogen-bond donors (Lipinski definition) is 0. The van der Waals surface area contributed by atoms with Crippen molar-refractivity contribution in [2.75, 3.05) is 23.5 Å². The largest absolute Gasteiger partial charge is 0.495 e. The molecule has 2 aliphatic rings. The molecule has 2 aliphatic heterocycles. The number of amides is 1. The summed E-state index contributed by atoms with van der Waals surface area (Å²) in [5.74, 6) is 1.75. The van der Waals surface area contributed by atoms with Gasteiger partial charge in [0.1, 0.15) is 11.3 Å². The molecule has 2 heterocycles. The van der Waals surface area contributed by atoms with E-state index in [1.807, 2.05) is 0 Å². The Balaban J connectivity index is 2.08. The zero-order valence-corrected chi connectivity index (χ0v) is 14.1. The molecule has 3 rings (SSSR count). The van der Waals surface area contributed by atoms with Crippen LogP contribution >= 0.6 is 35.1 Å². The molecule has 0 N–H and O–H groups in total. The van der Waals surface area contributed by atoms with Crippen molar-refractivity contribution in [3.05, 3.63) is 45.3 Å². The van der Waals surface area contributed by atoms with Crippen LogP contribution in [-0.4, -0.2) is 30.3 Å². The standard InChI is InChI=1S/C15H12ClNO3S2/c1-20-12-3-2-9(16)8-10(12)17-5-4-11(18)13(14(17)19)15-21-6-7-22-15/h2-5,8H,6-7H2,1H3. The number of allylic oxidation sites excluding steroid dienone is 1. The minimum absolute atomic E-state index is 0.233. The summed E-state index contributed by atoms with van der Waals surface area (Å²) in [6.07, 6.45) is 2.87. The molecule has 0 atom stereocenters. The van der Waals surface area contributed by atoms with Gasteiger partial charge in [-0.15, -0.1) is 23.5 Å². The van der Waals surface area contributed by atoms with Crippen molar-refractivity contribution >= 4 is 52.5 Å². The summed E-state index contributed by atoms with van der Waals surface area (Å²) >= 11 is 9.13. The molecule has 1 aromatic carbocycles. The normalized spacial score (nSPS) is 18.4. The van der Waals surface area contributed by atoms with E-state index in [0.29, 0.717) is 16.5 Å². The van der Waals surface area contributed by atoms with E-state index >= 15 is 0 Å². The van der Waals surface area contributed by atoms with Crippen LogP contribution in [0.4, 0.5) is 5.69 Å². The van der Waals surface area contributed by atoms with Crippen LogP contribution in [0.15, 0.2) is 40.3 Å². The van der Waals surface area contributed by atoms with Crippen molar-refractivity contribution in [2.24, 2.45) is 0 Å². The topological polar surface area (TPSA) is 46.6 Å². The Morgan fingerprint density at radius 1 is 1.23 bits per heavy atom. The summed E-state index contributed by atoms with van der Waals surface area (Å²) in [4.78, 5) is 26.3. The Kier molecular flexibility index (Phi) is 4.52. The van der Waals surface area contributed by atoms with Gasteiger partial charge in [-0.05, 0) is 18.2 Å². The van der Waals surface area contributed by atoms with Gasteiger partial charge in [0.05, 0.1) is 17.0 Å². The zero-order chi connectivity index (χ0) is 15.7. The van der Waals surface area contributed by atoms with Gasteiger partial charge in [0, 0.05) is 28.8 Å². The third kappa shape index (κ3) is 2.78. The molecule has 4 nitrogen and oxygen atoms in total. The van der Waals surface area contributed by atoms with Crippen molar-refractivity contribution in [1.29, 1.82) is 0 Å². The minimum atomic E-state index is -0.343. The van der Waals surface area contributed by atoms with Crippen molar-refractivity contribution in [1.82, 2.24) is 0 Å². The number of anilines is 1. The van der Waals surface area contributed by atoms with E-state index < -0.39 is 0 Å². The van der Waals surface area contributed by atoms with Crippen LogP contribution in [0, 0.1) is 0 Å². The van der Waals surface area contributed by atoms with Crippen LogP contribution in [-0.2, 0) is 9.59 Å². The molecule has 22 heavy (non-hydrogen) atoms. The van der Waals surface area contributed by atoms with E-state index in [4.69, 9.17) is 16.3 Å². The number of nitrogens with zero attached hydrogens (tertiary/aromatic N) is 1. The Hall–Kier alpha value is -1.37. The van der Waals surface area contributed by atoms with Crippen LogP contribution in [0.25, 0.3) is 0 Å². The predicted molar refractivity (Wildman–Crippen MR) is 91.6 cm³/mol. The molecule has 0 aliphatic carbocycles. The second-order valence-corrected chi connectivity index (χ2v) is 7.44. The van der Waals surface area contributed by atoms with E-state index in [-0.39, 0.29) is 17.3 Å². The quantitative estimate of drug-likeness (QED) is 0.601. The van der Waals surface area contributed by atoms with Crippen LogP contribution in [0.1, 0.15) is 0 Å². The molecule has 0 radical (unpaired) electrons. The molecule has 7 heteroatoms. The number of benzene rings is 1. The lowest BCUT2D eigenvalue weighted by atomic mass is 10.1. The third-order valence-electron chi connectivity index (χ3n) is 3.21. The molecule has 0 bridgehead atoms. The highest BCUT2D eigenvalue weighted by Crippen LogP contribution is 2.41. The maximum atomic E-state index is 12.8. The highest BCUT2D eigenvalue weighted by atomic mass is 35.5. The van der Waals surface area contributed by atoms with Crippen LogP contribution in [0.3, 0.4) is 0 Å². The summed E-state index contributed by atoms with van der Waals surface area (Å²) in [6.45, 7) is 0. The van der Waals surface area contributed by atoms with Gasteiger partial charge >= 0.3 is 0 Å². The lowest BCUT2D eigenvalue weighted by molar-refractivity contribution is -0.119. The number of hydrogen-bond acceptors (Lipinski definition) is 5. The van der Waals surface area contributed by atoms with Crippen molar-refractivity contribution in [2.45, 2.75) is 0 Å². The number of halogens is 1. The number of methoxy groups -OCH3 is 1. The summed E-state index contributed by atoms with van der Waals surface area (Å²) in [5.41, 5.74) is 0.756. The Bertz CT molecular complexity index is 707. The van der Waals surface area contributed by atoms with Gasteiger partial charge in [-0.3, -0.25) is 14.5 Å². The molecule has 114 valence electrons. The molecular formula is C15H12ClNO3S2. The van der Waals surface area contributed by atoms with Crippen LogP contribution in [0.5, 0.6) is 5.75 Å². The molecular weight excluding hydrogens is 342 g/mol. The van der Waals surface area contributed by atoms with E-state index in [1.54, 1.807) is 41.7 Å². The number of carbonyl (C=O) groups excluding carboxylic acids is 2. The first kappa shape index (κ1) is 15.5. The van der Waals surface area contributed by atoms with E-state index in [9.17, 15) is 9.59 Å². The first-order valence-electron chi connectivity index (χ1n) is 6.51. The maximum absolute atomic E-state index is 12.8. The van der Waals surface area contributed by atoms with E-state index in [0.717, 1.165) is 15.7 Å². The second kappa shape index (κ2) is 6.40. The van der Waals surface area contributed by atoms with Gasteiger partial charge in [-0.2, -0.15) is 0 Å². The molecule has 0 unspecified atom stereocenters. The smallest absolute Gasteiger partial charge is 0.268 e. The van der Waals surface area contributed by atoms with Gasteiger partial charge in [0.2, 0.25) is 0 Å². The highest BCUT2D eigenvalue weighted by molar-refractivity contribution is 8.25. The fraction of sp³-hybridized carbons (Fsp3) is 0.200. The minimum Gasteiger partial charge on any atom is -0.495 e. The first-order valence-corrected chi connectivity index (χ1v) is 8.86. The Morgan fingerprint density at radius 2 is 1.95 bits per heavy atom. The third-order valence-corrected chi connectivity index (χ3v) is 6.16. The highest BCUT2D eigenvalue weighted by Gasteiger charge is 2.32. The molecule has 1 amide bonds. The number of rotatable bonds is 2. The molecule has 0 spiro atoms. The SMILES string of the molecule is COc1ccc(Cl)cc1N1C=CC(=O)C(=C2SCCS2)C1=O. The Labute approximate surface area is 141 Å². The fourth-order valence-corrected chi connectivity index (χ4v) is 4.90.